The van der Waals surface area contributed by atoms with E-state index in [0.717, 1.165) is 0 Å². The first-order valence-corrected chi connectivity index (χ1v) is 2.65. The first-order chi connectivity index (χ1) is 3.89. The van der Waals surface area contributed by atoms with Crippen LogP contribution in [0, 0.1) is 0 Å². The highest BCUT2D eigenvalue weighted by molar-refractivity contribution is 6.23. The van der Waals surface area contributed by atoms with Crippen LogP contribution in [0.25, 0.3) is 0 Å². The smallest absolute Gasteiger partial charge is 0.139 e. The topological polar surface area (TPSA) is 12.0 Å². The third kappa shape index (κ3) is 1.30. The molecule has 0 saturated heterocycles. The zero-order chi connectivity index (χ0) is 5.82. The maximum absolute atomic E-state index is 2.96. The normalized spacial score (nSPS) is 16.8. The maximum Gasteiger partial charge on any atom is 0.139 e. The Morgan fingerprint density at radius 2 is 2.25 bits per heavy atom. The van der Waals surface area contributed by atoms with Crippen LogP contribution >= 0.6 is 0 Å². The molecule has 2 heteroatoms. The molecule has 1 aliphatic heterocycles. The Balaban J connectivity index is 2.73. The average molecular weight is 105 g/mol. The van der Waals surface area contributed by atoms with Gasteiger partial charge in [-0.15, -0.1) is 0 Å². The molecule has 8 heavy (non-hydrogen) atoms. The molecule has 0 aromatic heterocycles. The van der Waals surface area contributed by atoms with Crippen molar-refractivity contribution in [3.8, 4) is 0 Å². The van der Waals surface area contributed by atoms with Gasteiger partial charge in [-0.05, 0) is 12.3 Å². The van der Waals surface area contributed by atoms with Gasteiger partial charge in [-0.2, -0.15) is 0 Å². The summed E-state index contributed by atoms with van der Waals surface area (Å²) < 4.78 is 0. The van der Waals surface area contributed by atoms with Gasteiger partial charge in [-0.3, -0.25) is 0 Å². The molecule has 1 aliphatic rings. The van der Waals surface area contributed by atoms with Gasteiger partial charge in [0.2, 0.25) is 0 Å². The highest BCUT2D eigenvalue weighted by atomic mass is 14.8. The van der Waals surface area contributed by atoms with E-state index in [1.54, 1.807) is 0 Å². The zero-order valence-corrected chi connectivity index (χ0v) is 4.89. The fourth-order valence-electron chi connectivity index (χ4n) is 0.546. The van der Waals surface area contributed by atoms with E-state index in [9.17, 15) is 0 Å². The molecule has 0 saturated carbocycles. The molecule has 0 spiro atoms. The summed E-state index contributed by atoms with van der Waals surface area (Å²) in [6, 6.07) is 0. The number of hydrogen-bond acceptors (Lipinski definition) is 1. The van der Waals surface area contributed by atoms with Gasteiger partial charge in [0.25, 0.3) is 0 Å². The maximum atomic E-state index is 2.96. The van der Waals surface area contributed by atoms with Crippen LogP contribution in [-0.4, -0.2) is 7.85 Å². The largest absolute Gasteiger partial charge is 0.368 e. The summed E-state index contributed by atoms with van der Waals surface area (Å²) >= 11 is 0. The monoisotopic (exact) mass is 105 g/mol. The molecular formula is C6H8BN. The Labute approximate surface area is 50.2 Å². The summed E-state index contributed by atoms with van der Waals surface area (Å²) in [7, 11) is 2.06. The minimum absolute atomic E-state index is 1.27. The van der Waals surface area contributed by atoms with Gasteiger partial charge in [0.05, 0.1) is 0 Å². The first kappa shape index (κ1) is 5.23. The zero-order valence-electron chi connectivity index (χ0n) is 4.89. The fourth-order valence-corrected chi connectivity index (χ4v) is 0.546. The standard InChI is InChI=1S/C6H8BN/c7-6-2-1-4-8-5-3-6/h1-5,8H,7H2. The number of allylic oxidation sites excluding steroid dienone is 4. The van der Waals surface area contributed by atoms with E-state index >= 15 is 0 Å². The molecule has 1 heterocycles. The van der Waals surface area contributed by atoms with Gasteiger partial charge < -0.3 is 5.32 Å². The fraction of sp³-hybridized carbons (Fsp3) is 0. The lowest BCUT2D eigenvalue weighted by molar-refractivity contribution is 1.20. The number of rotatable bonds is 0. The molecule has 40 valence electrons. The van der Waals surface area contributed by atoms with Crippen molar-refractivity contribution in [1.29, 1.82) is 0 Å². The van der Waals surface area contributed by atoms with E-state index in [2.05, 4.69) is 19.2 Å². The van der Waals surface area contributed by atoms with Crippen molar-refractivity contribution in [3.05, 3.63) is 36.1 Å². The SMILES string of the molecule is BC1=CC=CNC=C1. The van der Waals surface area contributed by atoms with Crippen molar-refractivity contribution in [2.75, 3.05) is 0 Å². The van der Waals surface area contributed by atoms with E-state index in [-0.39, 0.29) is 0 Å². The second-order valence-electron chi connectivity index (χ2n) is 1.77. The molecule has 0 bridgehead atoms. The minimum Gasteiger partial charge on any atom is -0.368 e. The Hall–Kier alpha value is -0.915. The second-order valence-corrected chi connectivity index (χ2v) is 1.77. The van der Waals surface area contributed by atoms with Crippen LogP contribution in [0.5, 0.6) is 0 Å². The summed E-state index contributed by atoms with van der Waals surface area (Å²) in [5.74, 6) is 0. The van der Waals surface area contributed by atoms with Crippen molar-refractivity contribution in [2.24, 2.45) is 0 Å². The quantitative estimate of drug-likeness (QED) is 0.432. The third-order valence-corrected chi connectivity index (χ3v) is 0.994. The van der Waals surface area contributed by atoms with E-state index in [1.807, 2.05) is 24.6 Å². The van der Waals surface area contributed by atoms with Gasteiger partial charge in [0.15, 0.2) is 0 Å². The van der Waals surface area contributed by atoms with Crippen molar-refractivity contribution in [1.82, 2.24) is 5.32 Å². The highest BCUT2D eigenvalue weighted by Gasteiger charge is 1.79. The molecule has 1 nitrogen and oxygen atoms in total. The molecule has 0 atom stereocenters. The third-order valence-electron chi connectivity index (χ3n) is 0.994. The van der Waals surface area contributed by atoms with Crippen LogP contribution in [-0.2, 0) is 0 Å². The molecule has 0 aromatic rings. The molecule has 0 unspecified atom stereocenters. The van der Waals surface area contributed by atoms with Gasteiger partial charge in [-0.25, -0.2) is 0 Å². The summed E-state index contributed by atoms with van der Waals surface area (Å²) in [6.45, 7) is 0. The first-order valence-electron chi connectivity index (χ1n) is 2.65. The second kappa shape index (κ2) is 2.41. The number of hydrogen-bond donors (Lipinski definition) is 1. The van der Waals surface area contributed by atoms with Crippen molar-refractivity contribution in [3.63, 3.8) is 0 Å². The Bertz CT molecular complexity index is 156. The van der Waals surface area contributed by atoms with E-state index in [1.165, 1.54) is 5.47 Å². The van der Waals surface area contributed by atoms with Crippen LogP contribution in [0.4, 0.5) is 0 Å². The van der Waals surface area contributed by atoms with E-state index in [4.69, 9.17) is 0 Å². The van der Waals surface area contributed by atoms with Crippen LogP contribution < -0.4 is 5.32 Å². The molecular weight excluding hydrogens is 96.9 g/mol. The Morgan fingerprint density at radius 1 is 1.38 bits per heavy atom. The van der Waals surface area contributed by atoms with E-state index < -0.39 is 0 Å². The average Bonchev–Trinajstić information content (AvgIpc) is 1.94. The number of nitrogens with one attached hydrogen (secondary N) is 1. The van der Waals surface area contributed by atoms with Gasteiger partial charge >= 0.3 is 0 Å². The van der Waals surface area contributed by atoms with Crippen LogP contribution in [0.2, 0.25) is 0 Å². The van der Waals surface area contributed by atoms with Crippen LogP contribution in [0.3, 0.4) is 0 Å². The molecule has 0 aliphatic carbocycles. The van der Waals surface area contributed by atoms with E-state index in [0.29, 0.717) is 0 Å². The lowest BCUT2D eigenvalue weighted by Crippen LogP contribution is -1.88. The lowest BCUT2D eigenvalue weighted by Gasteiger charge is -1.82. The predicted molar refractivity (Wildman–Crippen MR) is 38.0 cm³/mol. The minimum atomic E-state index is 1.27. The van der Waals surface area contributed by atoms with Gasteiger partial charge in [0, 0.05) is 6.20 Å². The Morgan fingerprint density at radius 3 is 3.12 bits per heavy atom. The molecule has 1 N–H and O–H groups in total. The molecule has 0 aromatic carbocycles. The lowest BCUT2D eigenvalue weighted by atomic mass is 9.96. The summed E-state index contributed by atoms with van der Waals surface area (Å²) in [4.78, 5) is 0. The summed E-state index contributed by atoms with van der Waals surface area (Å²) in [5, 5.41) is 2.96. The summed E-state index contributed by atoms with van der Waals surface area (Å²) in [6.07, 6.45) is 9.87. The van der Waals surface area contributed by atoms with Gasteiger partial charge in [0.1, 0.15) is 7.85 Å². The summed E-state index contributed by atoms with van der Waals surface area (Å²) in [5.41, 5.74) is 1.27. The van der Waals surface area contributed by atoms with Crippen LogP contribution in [0.1, 0.15) is 0 Å². The highest BCUT2D eigenvalue weighted by Crippen LogP contribution is 1.91. The van der Waals surface area contributed by atoms with Crippen LogP contribution in [0.15, 0.2) is 36.1 Å². The molecule has 0 fully saturated rings. The predicted octanol–water partition coefficient (Wildman–Crippen LogP) is 0.134. The Kier molecular flexibility index (Phi) is 1.57. The van der Waals surface area contributed by atoms with Gasteiger partial charge in [-0.1, -0.05) is 17.6 Å². The van der Waals surface area contributed by atoms with Crippen molar-refractivity contribution < 1.29 is 0 Å². The van der Waals surface area contributed by atoms with Crippen molar-refractivity contribution >= 4 is 7.85 Å². The van der Waals surface area contributed by atoms with Crippen molar-refractivity contribution in [2.45, 2.75) is 0 Å². The molecule has 0 radical (unpaired) electrons. The molecule has 0 amide bonds. The molecule has 1 rings (SSSR count).